The average Bonchev–Trinajstić information content (AvgIpc) is 3.12. The lowest BCUT2D eigenvalue weighted by Crippen LogP contribution is -2.45. The molecule has 0 N–H and O–H groups in total. The summed E-state index contributed by atoms with van der Waals surface area (Å²) in [5, 5.41) is 0.448. The van der Waals surface area contributed by atoms with Gasteiger partial charge in [0.1, 0.15) is 11.9 Å². The number of rotatable bonds is 3. The van der Waals surface area contributed by atoms with E-state index in [0.717, 1.165) is 6.42 Å². The first kappa shape index (κ1) is 18.4. The fourth-order valence-corrected chi connectivity index (χ4v) is 3.41. The quantitative estimate of drug-likeness (QED) is 0.819. The van der Waals surface area contributed by atoms with Gasteiger partial charge in [0, 0.05) is 36.8 Å². The van der Waals surface area contributed by atoms with Crippen molar-refractivity contribution in [3.8, 4) is 11.1 Å². The van der Waals surface area contributed by atoms with Crippen LogP contribution in [0.3, 0.4) is 0 Å². The van der Waals surface area contributed by atoms with Crippen LogP contribution in [0.1, 0.15) is 23.2 Å². The fraction of sp³-hybridized carbons (Fsp3) is 0.300. The van der Waals surface area contributed by atoms with Crippen LogP contribution in [-0.4, -0.2) is 48.3 Å². The third-order valence-corrected chi connectivity index (χ3v) is 4.85. The van der Waals surface area contributed by atoms with Gasteiger partial charge in [0.15, 0.2) is 0 Å². The molecule has 0 bridgehead atoms. The molecule has 0 aromatic heterocycles. The molecule has 0 unspecified atom stereocenters. The Kier molecular flexibility index (Phi) is 5.28. The summed E-state index contributed by atoms with van der Waals surface area (Å²) in [4.78, 5) is 28.2. The molecule has 1 aliphatic heterocycles. The summed E-state index contributed by atoms with van der Waals surface area (Å²) in [6.07, 6.45) is 1.48. The van der Waals surface area contributed by atoms with Crippen molar-refractivity contribution in [2.45, 2.75) is 18.9 Å². The average molecular weight is 375 g/mol. The van der Waals surface area contributed by atoms with Gasteiger partial charge < -0.3 is 9.80 Å². The maximum atomic E-state index is 14.0. The van der Waals surface area contributed by atoms with E-state index in [4.69, 9.17) is 11.6 Å². The summed E-state index contributed by atoms with van der Waals surface area (Å²) in [5.74, 6) is -0.612. The summed E-state index contributed by atoms with van der Waals surface area (Å²) >= 11 is 5.94. The molecule has 2 amide bonds. The minimum absolute atomic E-state index is 0.0616. The number of hydrogen-bond acceptors (Lipinski definition) is 2. The molecule has 2 aromatic carbocycles. The second-order valence-corrected chi connectivity index (χ2v) is 7.03. The molecule has 1 fully saturated rings. The van der Waals surface area contributed by atoms with E-state index in [2.05, 4.69) is 0 Å². The Labute approximate surface area is 157 Å². The molecule has 0 saturated carbocycles. The van der Waals surface area contributed by atoms with Gasteiger partial charge in [-0.05, 0) is 48.7 Å². The third-order valence-electron chi connectivity index (χ3n) is 4.61. The van der Waals surface area contributed by atoms with E-state index in [1.165, 1.54) is 17.0 Å². The van der Waals surface area contributed by atoms with E-state index in [1.807, 2.05) is 0 Å². The summed E-state index contributed by atoms with van der Waals surface area (Å²) < 4.78 is 14.0. The van der Waals surface area contributed by atoms with Crippen LogP contribution in [-0.2, 0) is 4.79 Å². The molecular formula is C20H20ClFN2O2. The van der Waals surface area contributed by atoms with Crippen molar-refractivity contribution in [1.82, 2.24) is 9.80 Å². The minimum Gasteiger partial charge on any atom is -0.347 e. The molecular weight excluding hydrogens is 355 g/mol. The number of carbonyl (C=O) groups excluding carboxylic acids is 2. The smallest absolute Gasteiger partial charge is 0.254 e. The zero-order chi connectivity index (χ0) is 18.8. The van der Waals surface area contributed by atoms with Crippen molar-refractivity contribution < 1.29 is 14.0 Å². The largest absolute Gasteiger partial charge is 0.347 e. The highest BCUT2D eigenvalue weighted by Gasteiger charge is 2.35. The first-order valence-corrected chi connectivity index (χ1v) is 8.84. The Morgan fingerprint density at radius 2 is 1.85 bits per heavy atom. The number of amides is 2. The Morgan fingerprint density at radius 1 is 1.15 bits per heavy atom. The highest BCUT2D eigenvalue weighted by molar-refractivity contribution is 6.30. The number of benzene rings is 2. The van der Waals surface area contributed by atoms with E-state index < -0.39 is 6.04 Å². The standard InChI is InChI=1S/C20H20ClFN2O2/c1-23(2)20(26)18-4-3-11-24(18)19(25)14-7-5-13(6-8-14)16-12-15(21)9-10-17(16)22/h5-10,12,18H,3-4,11H2,1-2H3/t18-/m0/s1. The van der Waals surface area contributed by atoms with Gasteiger partial charge in [-0.1, -0.05) is 23.7 Å². The second kappa shape index (κ2) is 7.46. The SMILES string of the molecule is CN(C)C(=O)[C@@H]1CCCN1C(=O)c1ccc(-c2cc(Cl)ccc2F)cc1. The molecule has 0 radical (unpaired) electrons. The Morgan fingerprint density at radius 3 is 2.50 bits per heavy atom. The molecule has 1 aliphatic rings. The van der Waals surface area contributed by atoms with Crippen molar-refractivity contribution in [3.05, 3.63) is 58.9 Å². The number of likely N-dealkylation sites (N-methyl/N-ethyl adjacent to an activating group) is 1. The molecule has 1 heterocycles. The van der Waals surface area contributed by atoms with Crippen LogP contribution in [0, 0.1) is 5.82 Å². The van der Waals surface area contributed by atoms with E-state index in [1.54, 1.807) is 49.3 Å². The third kappa shape index (κ3) is 3.58. The van der Waals surface area contributed by atoms with Crippen molar-refractivity contribution in [1.29, 1.82) is 0 Å². The first-order valence-electron chi connectivity index (χ1n) is 8.46. The summed E-state index contributed by atoms with van der Waals surface area (Å²) in [6.45, 7) is 0.563. The van der Waals surface area contributed by atoms with Crippen molar-refractivity contribution >= 4 is 23.4 Å². The van der Waals surface area contributed by atoms with Gasteiger partial charge in [0.05, 0.1) is 0 Å². The van der Waals surface area contributed by atoms with E-state index >= 15 is 0 Å². The lowest BCUT2D eigenvalue weighted by Gasteiger charge is -2.26. The van der Waals surface area contributed by atoms with Gasteiger partial charge in [-0.25, -0.2) is 4.39 Å². The summed E-state index contributed by atoms with van der Waals surface area (Å²) in [6, 6.07) is 10.7. The van der Waals surface area contributed by atoms with Crippen molar-refractivity contribution in [2.24, 2.45) is 0 Å². The molecule has 4 nitrogen and oxygen atoms in total. The van der Waals surface area contributed by atoms with Crippen LogP contribution < -0.4 is 0 Å². The number of hydrogen-bond donors (Lipinski definition) is 0. The molecule has 0 spiro atoms. The summed E-state index contributed by atoms with van der Waals surface area (Å²) in [5.41, 5.74) is 1.51. The zero-order valence-corrected chi connectivity index (χ0v) is 15.5. The molecule has 1 saturated heterocycles. The number of halogens is 2. The molecule has 1 atom stereocenters. The summed E-state index contributed by atoms with van der Waals surface area (Å²) in [7, 11) is 3.38. The maximum absolute atomic E-state index is 14.0. The highest BCUT2D eigenvalue weighted by atomic mass is 35.5. The fourth-order valence-electron chi connectivity index (χ4n) is 3.24. The van der Waals surface area contributed by atoms with Crippen LogP contribution in [0.2, 0.25) is 5.02 Å². The van der Waals surface area contributed by atoms with Gasteiger partial charge in [-0.3, -0.25) is 9.59 Å². The van der Waals surface area contributed by atoms with Gasteiger partial charge in [-0.2, -0.15) is 0 Å². The number of likely N-dealkylation sites (tertiary alicyclic amines) is 1. The van der Waals surface area contributed by atoms with Gasteiger partial charge >= 0.3 is 0 Å². The Hall–Kier alpha value is -2.40. The lowest BCUT2D eigenvalue weighted by molar-refractivity contribution is -0.132. The van der Waals surface area contributed by atoms with Crippen LogP contribution in [0.15, 0.2) is 42.5 Å². The monoisotopic (exact) mass is 374 g/mol. The predicted octanol–water partition coefficient (Wildman–Crippen LogP) is 3.84. The first-order chi connectivity index (χ1) is 12.4. The van der Waals surface area contributed by atoms with Crippen LogP contribution >= 0.6 is 11.6 Å². The van der Waals surface area contributed by atoms with Crippen LogP contribution in [0.4, 0.5) is 4.39 Å². The van der Waals surface area contributed by atoms with E-state index in [-0.39, 0.29) is 17.6 Å². The van der Waals surface area contributed by atoms with Crippen LogP contribution in [0.5, 0.6) is 0 Å². The van der Waals surface area contributed by atoms with Gasteiger partial charge in [0.2, 0.25) is 5.91 Å². The molecule has 3 rings (SSSR count). The maximum Gasteiger partial charge on any atom is 0.254 e. The predicted molar refractivity (Wildman–Crippen MR) is 99.6 cm³/mol. The van der Waals surface area contributed by atoms with Gasteiger partial charge in [0.25, 0.3) is 5.91 Å². The highest BCUT2D eigenvalue weighted by Crippen LogP contribution is 2.27. The lowest BCUT2D eigenvalue weighted by atomic mass is 10.0. The molecule has 26 heavy (non-hydrogen) atoms. The number of carbonyl (C=O) groups is 2. The number of nitrogens with zero attached hydrogens (tertiary/aromatic N) is 2. The van der Waals surface area contributed by atoms with E-state index in [9.17, 15) is 14.0 Å². The zero-order valence-electron chi connectivity index (χ0n) is 14.7. The Balaban J connectivity index is 1.83. The van der Waals surface area contributed by atoms with Crippen molar-refractivity contribution in [3.63, 3.8) is 0 Å². The van der Waals surface area contributed by atoms with Crippen molar-refractivity contribution in [2.75, 3.05) is 20.6 Å². The Bertz CT molecular complexity index is 836. The molecule has 2 aromatic rings. The minimum atomic E-state index is -0.414. The normalized spacial score (nSPS) is 16.6. The molecule has 136 valence electrons. The van der Waals surface area contributed by atoms with Gasteiger partial charge in [-0.15, -0.1) is 0 Å². The second-order valence-electron chi connectivity index (χ2n) is 6.59. The van der Waals surface area contributed by atoms with E-state index in [0.29, 0.717) is 34.7 Å². The molecule has 6 heteroatoms. The topological polar surface area (TPSA) is 40.6 Å². The van der Waals surface area contributed by atoms with Crippen LogP contribution in [0.25, 0.3) is 11.1 Å². The molecule has 0 aliphatic carbocycles.